The monoisotopic (exact) mass is 884 g/mol. The number of aromatic nitrogens is 2. The number of amides is 1. The number of benzene rings is 3. The van der Waals surface area contributed by atoms with Gasteiger partial charge in [-0.25, -0.2) is 0 Å². The molecule has 7 N–H and O–H groups in total. The number of ether oxygens (including phenoxy) is 4. The Balaban J connectivity index is 1.57. The number of esters is 1. The Morgan fingerprint density at radius 1 is 0.938 bits per heavy atom. The summed E-state index contributed by atoms with van der Waals surface area (Å²) in [4.78, 5) is 58.2. The number of aliphatic hydroxyl groups excluding tert-OH is 2. The van der Waals surface area contributed by atoms with E-state index in [4.69, 9.17) is 18.9 Å². The highest BCUT2D eigenvalue weighted by Gasteiger charge is 2.50. The number of para-hydroxylation sites is 1. The third kappa shape index (κ3) is 8.38. The summed E-state index contributed by atoms with van der Waals surface area (Å²) in [6.07, 6.45) is 3.86. The van der Waals surface area contributed by atoms with Crippen LogP contribution in [0.3, 0.4) is 0 Å². The number of aromatic hydroxyl groups is 4. The van der Waals surface area contributed by atoms with Gasteiger partial charge in [0.1, 0.15) is 23.4 Å². The number of carbonyl (C=O) groups is 3. The number of ketones is 1. The maximum absolute atomic E-state index is 14.5. The summed E-state index contributed by atoms with van der Waals surface area (Å²) in [6.45, 7) is 12.1. The lowest BCUT2D eigenvalue weighted by Gasteiger charge is -2.38. The number of phenolic OH excluding ortho intramolecular Hbond substituents is 3. The van der Waals surface area contributed by atoms with Crippen molar-refractivity contribution in [3.05, 3.63) is 87.4 Å². The van der Waals surface area contributed by atoms with Crippen LogP contribution in [0.15, 0.2) is 70.3 Å². The number of fused-ring (bicyclic) bond motifs is 15. The van der Waals surface area contributed by atoms with Gasteiger partial charge in [0.15, 0.2) is 5.75 Å². The number of aliphatic hydroxyl groups is 2. The lowest BCUT2D eigenvalue weighted by molar-refractivity contribution is -0.160. The van der Waals surface area contributed by atoms with Gasteiger partial charge in [-0.15, -0.1) is 4.68 Å². The van der Waals surface area contributed by atoms with Crippen molar-refractivity contribution in [2.24, 2.45) is 28.8 Å². The number of carbonyl (C=O) groups excluding carboxylic acids is 3. The van der Waals surface area contributed by atoms with Crippen LogP contribution in [-0.2, 0) is 23.8 Å². The molecule has 3 aliphatic heterocycles. The summed E-state index contributed by atoms with van der Waals surface area (Å²) in [5.74, 6) is -9.66. The van der Waals surface area contributed by atoms with Gasteiger partial charge in [-0.05, 0) is 32.1 Å². The molecule has 1 aromatic heterocycles. The molecule has 3 aliphatic rings. The minimum atomic E-state index is -2.16. The first-order chi connectivity index (χ1) is 30.1. The molecule has 64 heavy (non-hydrogen) atoms. The molecule has 340 valence electrons. The fourth-order valence-electron chi connectivity index (χ4n) is 8.20. The first-order valence-electron chi connectivity index (χ1n) is 20.5. The number of hydrogen-bond acceptors (Lipinski definition) is 16. The first-order valence-corrected chi connectivity index (χ1v) is 20.5. The van der Waals surface area contributed by atoms with Crippen molar-refractivity contribution >= 4 is 51.2 Å². The number of rotatable bonds is 4. The highest BCUT2D eigenvalue weighted by atomic mass is 16.7. The van der Waals surface area contributed by atoms with Gasteiger partial charge < -0.3 is 54.9 Å². The second-order valence-corrected chi connectivity index (χ2v) is 16.4. The normalized spacial score (nSPS) is 26.9. The van der Waals surface area contributed by atoms with Crippen LogP contribution in [0.4, 0.5) is 5.69 Å². The minimum Gasteiger partial charge on any atom is -0.507 e. The summed E-state index contributed by atoms with van der Waals surface area (Å²) in [5.41, 5.74) is -1.95. The smallest absolute Gasteiger partial charge is 0.319 e. The van der Waals surface area contributed by atoms with Crippen LogP contribution in [0.5, 0.6) is 29.0 Å². The molecule has 4 heterocycles. The molecule has 9 atom stereocenters. The Bertz CT molecular complexity index is 2720. The molecule has 0 radical (unpaired) electrons. The molecule has 0 saturated heterocycles. The number of nitrogens with one attached hydrogen (secondary N) is 1. The van der Waals surface area contributed by atoms with Crippen LogP contribution in [-0.4, -0.2) is 101 Å². The summed E-state index contributed by atoms with van der Waals surface area (Å²) < 4.78 is 24.0. The van der Waals surface area contributed by atoms with E-state index in [9.17, 15) is 49.8 Å². The predicted octanol–water partition coefficient (Wildman–Crippen LogP) is 5.05. The number of methoxy groups -OCH3 is 1. The molecule has 4 aromatic rings. The minimum absolute atomic E-state index is 0.0447. The zero-order valence-electron chi connectivity index (χ0n) is 36.7. The topological polar surface area (TPSA) is 269 Å². The van der Waals surface area contributed by atoms with Crippen LogP contribution in [0.2, 0.25) is 0 Å². The van der Waals surface area contributed by atoms with Gasteiger partial charge >= 0.3 is 17.8 Å². The van der Waals surface area contributed by atoms with Gasteiger partial charge in [0.05, 0.1) is 63.9 Å². The molecule has 0 aliphatic carbocycles. The Hall–Kier alpha value is -6.76. The van der Waals surface area contributed by atoms with E-state index >= 15 is 0 Å². The van der Waals surface area contributed by atoms with E-state index in [0.717, 1.165) is 12.5 Å². The molecule has 0 unspecified atom stereocenters. The Morgan fingerprint density at radius 3 is 2.30 bits per heavy atom. The number of hydrogen-bond donors (Lipinski definition) is 7. The van der Waals surface area contributed by atoms with E-state index in [2.05, 4.69) is 15.4 Å². The van der Waals surface area contributed by atoms with E-state index < -0.39 is 122 Å². The fourth-order valence-corrected chi connectivity index (χ4v) is 8.20. The van der Waals surface area contributed by atoms with E-state index in [1.807, 2.05) is 0 Å². The van der Waals surface area contributed by atoms with Crippen molar-refractivity contribution in [3.63, 3.8) is 0 Å². The molecule has 0 fully saturated rings. The zero-order chi connectivity index (χ0) is 47.1. The third-order valence-corrected chi connectivity index (χ3v) is 12.1. The van der Waals surface area contributed by atoms with Gasteiger partial charge in [0.2, 0.25) is 0 Å². The van der Waals surface area contributed by atoms with Crippen molar-refractivity contribution in [2.45, 2.75) is 85.6 Å². The van der Waals surface area contributed by atoms with E-state index in [0.29, 0.717) is 4.68 Å². The zero-order valence-corrected chi connectivity index (χ0v) is 36.7. The second-order valence-electron chi connectivity index (χ2n) is 16.4. The highest BCUT2D eigenvalue weighted by Crippen LogP contribution is 2.55. The molecular weight excluding hydrogens is 833 g/mol. The van der Waals surface area contributed by atoms with Crippen LogP contribution in [0, 0.1) is 30.6 Å². The van der Waals surface area contributed by atoms with Crippen molar-refractivity contribution in [1.82, 2.24) is 9.66 Å². The molecule has 7 rings (SSSR count). The van der Waals surface area contributed by atoms with E-state index in [1.54, 1.807) is 45.9 Å². The fraction of sp³-hybridized carbons (Fsp3) is 0.391. The standard InChI is InChI=1S/C46H52N4O14/c1-20-13-12-14-21(2)43(58)49-34-28(19-47-50-44(59)27-15-10-11-16-29(27)48-45(50)60)38(55)31-32(39(34)56)37(54)25(6)41-33(31)42(57)46(8,64-41)62-18-17-30(61-9)22(3)40(63-26(7)51)24(5)36(53)23(4)35(20)52/h10-20,22-24,30,35-36,40,52-56H,1-9H3,(H,48,60)(H,49,58)/t20-,22+,23-,24-,30+,35-,36-,40+,46-/m0/s1. The molecule has 3 aromatic carbocycles. The van der Waals surface area contributed by atoms with Crippen LogP contribution >= 0.6 is 0 Å². The van der Waals surface area contributed by atoms with Crippen molar-refractivity contribution in [2.75, 3.05) is 12.4 Å². The number of anilines is 1. The van der Waals surface area contributed by atoms with Gasteiger partial charge in [-0.1, -0.05) is 58.1 Å². The number of phenols is 3. The number of nitrogens with zero attached hydrogens (tertiary/aromatic N) is 3. The first kappa shape index (κ1) is 46.7. The van der Waals surface area contributed by atoms with Gasteiger partial charge in [0.25, 0.3) is 17.2 Å². The summed E-state index contributed by atoms with van der Waals surface area (Å²) in [6, 6.07) is 5.31. The van der Waals surface area contributed by atoms with Crippen molar-refractivity contribution in [3.8, 4) is 29.0 Å². The Labute approximate surface area is 367 Å². The molecule has 5 bridgehead atoms. The maximum Gasteiger partial charge on any atom is 0.319 e. The Kier molecular flexibility index (Phi) is 13.3. The quantitative estimate of drug-likeness (QED) is 0.0612. The predicted molar refractivity (Wildman–Crippen MR) is 234 cm³/mol. The van der Waals surface area contributed by atoms with Crippen molar-refractivity contribution < 1.29 is 64.0 Å². The summed E-state index contributed by atoms with van der Waals surface area (Å²) in [7, 11) is 1.40. The van der Waals surface area contributed by atoms with Crippen LogP contribution < -0.4 is 15.6 Å². The second kappa shape index (κ2) is 18.1. The van der Waals surface area contributed by atoms with Crippen LogP contribution in [0.25, 0.3) is 21.7 Å². The molecule has 0 spiro atoms. The largest absolute Gasteiger partial charge is 0.507 e. The molecule has 0 saturated carbocycles. The summed E-state index contributed by atoms with van der Waals surface area (Å²) >= 11 is 0. The maximum atomic E-state index is 14.5. The molecule has 18 heteroatoms. The SMILES string of the molecule is CO[C@@H]1C=CO[C@@]2(C)Oc3c(C)c(O)c4c(O)c(c(C=Nn5c(O)nc6ccccc6c5=O)c(O)c4c3C2=O)NC(=O)C(C)=CC=C[C@H](C)[C@H](O)[C@H](C)[C@H](O)[C@H](C)[C@H](OC(C)=O)[C@@H]1C. The molecular formula is C46H52N4O14. The third-order valence-electron chi connectivity index (χ3n) is 12.1. The highest BCUT2D eigenvalue weighted by molar-refractivity contribution is 6.24. The average molecular weight is 885 g/mol. The van der Waals surface area contributed by atoms with Crippen LogP contribution in [0.1, 0.15) is 70.0 Å². The lowest BCUT2D eigenvalue weighted by Crippen LogP contribution is -2.46. The lowest BCUT2D eigenvalue weighted by atomic mass is 9.78. The summed E-state index contributed by atoms with van der Waals surface area (Å²) in [5, 5.41) is 75.2. The molecule has 18 nitrogen and oxygen atoms in total. The molecule has 1 amide bonds. The van der Waals surface area contributed by atoms with E-state index in [-0.39, 0.29) is 33.4 Å². The Morgan fingerprint density at radius 2 is 1.62 bits per heavy atom. The number of Topliss-reactive ketones (excluding diaryl/α,β-unsaturated/α-hetero) is 1. The van der Waals surface area contributed by atoms with E-state index in [1.165, 1.54) is 65.2 Å². The average Bonchev–Trinajstić information content (AvgIpc) is 3.52. The van der Waals surface area contributed by atoms with Crippen molar-refractivity contribution in [1.29, 1.82) is 0 Å². The van der Waals surface area contributed by atoms with Gasteiger partial charge in [-0.3, -0.25) is 19.2 Å². The number of allylic oxidation sites excluding steroid dienone is 2. The van der Waals surface area contributed by atoms with Gasteiger partial charge in [0, 0.05) is 61.2 Å². The van der Waals surface area contributed by atoms with Gasteiger partial charge in [-0.2, -0.15) is 10.1 Å².